The van der Waals surface area contributed by atoms with Gasteiger partial charge in [-0.05, 0) is 68.0 Å². The molecule has 1 aliphatic rings. The molecule has 0 radical (unpaired) electrons. The average molecular weight is 449 g/mol. The highest BCUT2D eigenvalue weighted by atomic mass is 35.5. The summed E-state index contributed by atoms with van der Waals surface area (Å²) in [6, 6.07) is 10.4. The minimum absolute atomic E-state index is 0.00190. The molecule has 1 aliphatic heterocycles. The lowest BCUT2D eigenvalue weighted by Crippen LogP contribution is -2.36. The van der Waals surface area contributed by atoms with Crippen LogP contribution >= 0.6 is 11.6 Å². The van der Waals surface area contributed by atoms with Crippen LogP contribution in [0, 0.1) is 13.8 Å². The van der Waals surface area contributed by atoms with Gasteiger partial charge in [0.2, 0.25) is 10.0 Å². The number of nitrogens with one attached hydrogen (secondary N) is 1. The highest BCUT2D eigenvalue weighted by molar-refractivity contribution is 7.89. The molecule has 1 heterocycles. The van der Waals surface area contributed by atoms with Crippen LogP contribution in [0.25, 0.3) is 0 Å². The first-order valence-electron chi connectivity index (χ1n) is 10.4. The average Bonchev–Trinajstić information content (AvgIpc) is 2.74. The van der Waals surface area contributed by atoms with E-state index >= 15 is 0 Å². The van der Waals surface area contributed by atoms with Crippen molar-refractivity contribution in [3.05, 3.63) is 63.7 Å². The van der Waals surface area contributed by atoms with Crippen molar-refractivity contribution >= 4 is 27.5 Å². The van der Waals surface area contributed by atoms with Gasteiger partial charge in [-0.1, -0.05) is 43.1 Å². The van der Waals surface area contributed by atoms with Crippen LogP contribution in [0.2, 0.25) is 5.02 Å². The molecule has 0 bridgehead atoms. The van der Waals surface area contributed by atoms with Crippen molar-refractivity contribution in [3.8, 4) is 0 Å². The van der Waals surface area contributed by atoms with E-state index < -0.39 is 10.0 Å². The number of aryl methyl sites for hydroxylation is 2. The molecule has 1 atom stereocenters. The van der Waals surface area contributed by atoms with Crippen LogP contribution in [0.15, 0.2) is 41.3 Å². The van der Waals surface area contributed by atoms with E-state index in [1.165, 1.54) is 27.6 Å². The van der Waals surface area contributed by atoms with Gasteiger partial charge in [0.1, 0.15) is 4.90 Å². The van der Waals surface area contributed by atoms with E-state index in [2.05, 4.69) is 18.3 Å². The molecule has 1 fully saturated rings. The van der Waals surface area contributed by atoms with Gasteiger partial charge in [-0.2, -0.15) is 4.31 Å². The van der Waals surface area contributed by atoms with E-state index in [4.69, 9.17) is 11.6 Å². The van der Waals surface area contributed by atoms with Crippen molar-refractivity contribution in [1.29, 1.82) is 0 Å². The molecule has 0 aliphatic carbocycles. The second-order valence-electron chi connectivity index (χ2n) is 7.89. The Morgan fingerprint density at radius 1 is 1.07 bits per heavy atom. The Bertz CT molecular complexity index is 1030. The minimum atomic E-state index is -3.72. The van der Waals surface area contributed by atoms with Crippen LogP contribution in [0.3, 0.4) is 0 Å². The van der Waals surface area contributed by atoms with Crippen LogP contribution in [0.4, 0.5) is 0 Å². The van der Waals surface area contributed by atoms with Crippen LogP contribution in [-0.2, 0) is 10.0 Å². The predicted molar refractivity (Wildman–Crippen MR) is 120 cm³/mol. The Hall–Kier alpha value is -1.89. The van der Waals surface area contributed by atoms with Crippen molar-refractivity contribution in [1.82, 2.24) is 9.62 Å². The highest BCUT2D eigenvalue weighted by Gasteiger charge is 2.29. The number of halogens is 1. The van der Waals surface area contributed by atoms with E-state index in [0.717, 1.165) is 31.2 Å². The molecule has 2 aromatic rings. The van der Waals surface area contributed by atoms with E-state index in [9.17, 15) is 13.2 Å². The van der Waals surface area contributed by atoms with Crippen LogP contribution in [0.1, 0.15) is 65.7 Å². The number of hydrogen-bond donors (Lipinski definition) is 1. The van der Waals surface area contributed by atoms with Gasteiger partial charge in [0.15, 0.2) is 0 Å². The molecule has 5 nitrogen and oxygen atoms in total. The lowest BCUT2D eigenvalue weighted by atomic mass is 9.99. The van der Waals surface area contributed by atoms with Crippen LogP contribution in [-0.4, -0.2) is 31.7 Å². The number of carbonyl (C=O) groups is 1. The number of hydrogen-bond acceptors (Lipinski definition) is 3. The molecule has 1 N–H and O–H groups in total. The van der Waals surface area contributed by atoms with Gasteiger partial charge in [0.05, 0.1) is 11.1 Å². The summed E-state index contributed by atoms with van der Waals surface area (Å²) in [6.45, 7) is 7.08. The summed E-state index contributed by atoms with van der Waals surface area (Å²) in [5.41, 5.74) is 3.69. The fraction of sp³-hybridized carbons (Fsp3) is 0.435. The highest BCUT2D eigenvalue weighted by Crippen LogP contribution is 2.28. The normalized spacial score (nSPS) is 16.3. The second kappa shape index (κ2) is 9.50. The van der Waals surface area contributed by atoms with Gasteiger partial charge in [-0.25, -0.2) is 8.42 Å². The first-order chi connectivity index (χ1) is 14.2. The Kier molecular flexibility index (Phi) is 7.22. The summed E-state index contributed by atoms with van der Waals surface area (Å²) in [6.07, 6.45) is 3.43. The van der Waals surface area contributed by atoms with Crippen molar-refractivity contribution < 1.29 is 13.2 Å². The maximum atomic E-state index is 13.1. The number of sulfonamides is 1. The zero-order chi connectivity index (χ0) is 21.9. The molecule has 0 saturated carbocycles. The van der Waals surface area contributed by atoms with Gasteiger partial charge in [0.25, 0.3) is 5.91 Å². The Labute approximate surface area is 184 Å². The molecule has 162 valence electrons. The molecular weight excluding hydrogens is 420 g/mol. The summed E-state index contributed by atoms with van der Waals surface area (Å²) in [5.74, 6) is -0.313. The van der Waals surface area contributed by atoms with Crippen molar-refractivity contribution in [2.75, 3.05) is 13.1 Å². The quantitative estimate of drug-likeness (QED) is 0.675. The van der Waals surface area contributed by atoms with Gasteiger partial charge in [0, 0.05) is 18.7 Å². The number of carbonyl (C=O) groups excluding carboxylic acids is 1. The Morgan fingerprint density at radius 3 is 2.40 bits per heavy atom. The minimum Gasteiger partial charge on any atom is -0.345 e. The number of benzene rings is 2. The molecule has 1 amide bonds. The number of piperidine rings is 1. The molecule has 0 unspecified atom stereocenters. The molecule has 7 heteroatoms. The summed E-state index contributed by atoms with van der Waals surface area (Å²) in [7, 11) is -3.72. The first-order valence-corrected chi connectivity index (χ1v) is 12.2. The Morgan fingerprint density at radius 2 is 1.77 bits per heavy atom. The third kappa shape index (κ3) is 4.88. The summed E-state index contributed by atoms with van der Waals surface area (Å²) >= 11 is 6.23. The van der Waals surface area contributed by atoms with E-state index in [1.807, 2.05) is 26.0 Å². The second-order valence-corrected chi connectivity index (χ2v) is 10.2. The molecule has 0 aromatic heterocycles. The zero-order valence-corrected chi connectivity index (χ0v) is 19.3. The SMILES string of the molecule is CC[C@@H](NC(=O)c1ccc(Cl)c(S(=O)(=O)N2CCCCC2)c1)c1ccc(C)c(C)c1. The molecule has 0 spiro atoms. The van der Waals surface area contributed by atoms with Crippen molar-refractivity contribution in [2.45, 2.75) is 57.4 Å². The first kappa shape index (κ1) is 22.8. The van der Waals surface area contributed by atoms with E-state index in [0.29, 0.717) is 13.1 Å². The zero-order valence-electron chi connectivity index (χ0n) is 17.7. The summed E-state index contributed by atoms with van der Waals surface area (Å²) in [4.78, 5) is 12.9. The summed E-state index contributed by atoms with van der Waals surface area (Å²) < 4.78 is 27.6. The molecule has 3 rings (SSSR count). The van der Waals surface area contributed by atoms with Gasteiger partial charge < -0.3 is 5.32 Å². The maximum Gasteiger partial charge on any atom is 0.251 e. The number of amides is 1. The Balaban J connectivity index is 1.85. The fourth-order valence-corrected chi connectivity index (χ4v) is 5.75. The lowest BCUT2D eigenvalue weighted by Gasteiger charge is -2.26. The van der Waals surface area contributed by atoms with Crippen LogP contribution < -0.4 is 5.32 Å². The van der Waals surface area contributed by atoms with Crippen molar-refractivity contribution in [3.63, 3.8) is 0 Å². The smallest absolute Gasteiger partial charge is 0.251 e. The third-order valence-electron chi connectivity index (χ3n) is 5.77. The summed E-state index contributed by atoms with van der Waals surface area (Å²) in [5, 5.41) is 3.17. The molecule has 2 aromatic carbocycles. The largest absolute Gasteiger partial charge is 0.345 e. The number of nitrogens with zero attached hydrogens (tertiary/aromatic N) is 1. The predicted octanol–water partition coefficient (Wildman–Crippen LogP) is 5.01. The molecular formula is C23H29ClN2O3S. The van der Waals surface area contributed by atoms with Gasteiger partial charge in [-0.3, -0.25) is 4.79 Å². The van der Waals surface area contributed by atoms with E-state index in [-0.39, 0.29) is 27.4 Å². The number of rotatable bonds is 6. The van der Waals surface area contributed by atoms with Crippen molar-refractivity contribution in [2.24, 2.45) is 0 Å². The topological polar surface area (TPSA) is 66.5 Å². The van der Waals surface area contributed by atoms with Gasteiger partial charge >= 0.3 is 0 Å². The molecule has 30 heavy (non-hydrogen) atoms. The van der Waals surface area contributed by atoms with Crippen LogP contribution in [0.5, 0.6) is 0 Å². The lowest BCUT2D eigenvalue weighted by molar-refractivity contribution is 0.0935. The maximum absolute atomic E-state index is 13.1. The standard InChI is InChI=1S/C23H29ClN2O3S/c1-4-21(18-9-8-16(2)17(3)14-18)25-23(27)19-10-11-20(24)22(15-19)30(28,29)26-12-6-5-7-13-26/h8-11,14-15,21H,4-7,12-13H2,1-3H3,(H,25,27)/t21-/m1/s1. The fourth-order valence-electron chi connectivity index (χ4n) is 3.73. The monoisotopic (exact) mass is 448 g/mol. The molecule has 1 saturated heterocycles. The van der Waals surface area contributed by atoms with Gasteiger partial charge in [-0.15, -0.1) is 0 Å². The third-order valence-corrected chi connectivity index (χ3v) is 8.15. The van der Waals surface area contributed by atoms with E-state index in [1.54, 1.807) is 6.07 Å².